The van der Waals surface area contributed by atoms with E-state index in [1.54, 1.807) is 5.56 Å². The highest BCUT2D eigenvalue weighted by molar-refractivity contribution is 5.55. The van der Waals surface area contributed by atoms with E-state index in [9.17, 15) is 0 Å². The van der Waals surface area contributed by atoms with Gasteiger partial charge in [-0.05, 0) is 30.4 Å². The smallest absolute Gasteiger partial charge is 0.0376 e. The van der Waals surface area contributed by atoms with Crippen LogP contribution < -0.4 is 5.32 Å². The molecular formula is C16H22N2. The van der Waals surface area contributed by atoms with Gasteiger partial charge in [-0.1, -0.05) is 31.0 Å². The minimum Gasteiger partial charge on any atom is -0.384 e. The van der Waals surface area contributed by atoms with Crippen LogP contribution in [0.3, 0.4) is 0 Å². The Morgan fingerprint density at radius 1 is 1.06 bits per heavy atom. The maximum absolute atomic E-state index is 3.62. The van der Waals surface area contributed by atoms with Crippen LogP contribution in [0.5, 0.6) is 0 Å². The standard InChI is InChI=1S/C16H22N2/c1-2-6-13(5-1)18-10-12-9-17-16-8-4-3-7-14(16)15(12)11-18/h3-4,7-8,12-13,15,17H,1-2,5-6,9-11H2/t12-,15-/m0/s1. The minimum absolute atomic E-state index is 0.781. The molecule has 1 N–H and O–H groups in total. The molecule has 1 aromatic carbocycles. The summed E-state index contributed by atoms with van der Waals surface area (Å²) in [5.41, 5.74) is 2.95. The molecule has 0 bridgehead atoms. The first kappa shape index (κ1) is 10.9. The molecule has 3 aliphatic rings. The van der Waals surface area contributed by atoms with Crippen molar-refractivity contribution < 1.29 is 0 Å². The Morgan fingerprint density at radius 2 is 1.89 bits per heavy atom. The summed E-state index contributed by atoms with van der Waals surface area (Å²) < 4.78 is 0. The molecule has 1 saturated carbocycles. The van der Waals surface area contributed by atoms with Crippen LogP contribution in [0, 0.1) is 5.92 Å². The van der Waals surface area contributed by atoms with E-state index in [1.807, 2.05) is 0 Å². The van der Waals surface area contributed by atoms with Crippen LogP contribution in [0.2, 0.25) is 0 Å². The van der Waals surface area contributed by atoms with E-state index in [0.29, 0.717) is 0 Å². The number of rotatable bonds is 1. The average Bonchev–Trinajstić information content (AvgIpc) is 3.07. The molecule has 0 spiro atoms. The number of nitrogens with one attached hydrogen (secondary N) is 1. The first-order valence-electron chi connectivity index (χ1n) is 7.48. The SMILES string of the molecule is c1ccc2c(c1)NC[C@H]1CN(C3CCCC3)C[C@H]21. The second kappa shape index (κ2) is 4.27. The number of hydrogen-bond donors (Lipinski definition) is 1. The lowest BCUT2D eigenvalue weighted by Gasteiger charge is -2.28. The normalized spacial score (nSPS) is 32.0. The summed E-state index contributed by atoms with van der Waals surface area (Å²) in [6.07, 6.45) is 5.78. The first-order valence-corrected chi connectivity index (χ1v) is 7.48. The van der Waals surface area contributed by atoms with Crippen molar-refractivity contribution in [1.29, 1.82) is 0 Å². The molecule has 2 aliphatic heterocycles. The summed E-state index contributed by atoms with van der Waals surface area (Å²) in [7, 11) is 0. The van der Waals surface area contributed by atoms with Crippen molar-refractivity contribution in [2.24, 2.45) is 5.92 Å². The number of para-hydroxylation sites is 1. The number of fused-ring (bicyclic) bond motifs is 3. The molecular weight excluding hydrogens is 220 g/mol. The topological polar surface area (TPSA) is 15.3 Å². The van der Waals surface area contributed by atoms with Crippen LogP contribution in [-0.4, -0.2) is 30.6 Å². The maximum Gasteiger partial charge on any atom is 0.0376 e. The summed E-state index contributed by atoms with van der Waals surface area (Å²) in [6.45, 7) is 3.79. The highest BCUT2D eigenvalue weighted by Crippen LogP contribution is 2.42. The molecule has 0 aromatic heterocycles. The molecule has 2 nitrogen and oxygen atoms in total. The Hall–Kier alpha value is -1.02. The Bertz CT molecular complexity index is 436. The van der Waals surface area contributed by atoms with Crippen molar-refractivity contribution in [1.82, 2.24) is 4.90 Å². The molecule has 1 aliphatic carbocycles. The predicted molar refractivity (Wildman–Crippen MR) is 75.0 cm³/mol. The number of anilines is 1. The molecule has 4 rings (SSSR count). The second-order valence-corrected chi connectivity index (χ2v) is 6.23. The van der Waals surface area contributed by atoms with E-state index in [4.69, 9.17) is 0 Å². The summed E-state index contributed by atoms with van der Waals surface area (Å²) in [5.74, 6) is 1.61. The molecule has 1 aromatic rings. The van der Waals surface area contributed by atoms with Gasteiger partial charge in [0.1, 0.15) is 0 Å². The van der Waals surface area contributed by atoms with Gasteiger partial charge in [0.05, 0.1) is 0 Å². The Kier molecular flexibility index (Phi) is 2.58. The van der Waals surface area contributed by atoms with Crippen LogP contribution >= 0.6 is 0 Å². The molecule has 2 atom stereocenters. The monoisotopic (exact) mass is 242 g/mol. The van der Waals surface area contributed by atoms with Crippen LogP contribution in [0.4, 0.5) is 5.69 Å². The Morgan fingerprint density at radius 3 is 2.78 bits per heavy atom. The largest absolute Gasteiger partial charge is 0.384 e. The molecule has 0 amide bonds. The van der Waals surface area contributed by atoms with Gasteiger partial charge in [-0.2, -0.15) is 0 Å². The Balaban J connectivity index is 1.58. The molecule has 1 saturated heterocycles. The van der Waals surface area contributed by atoms with E-state index in [-0.39, 0.29) is 0 Å². The highest BCUT2D eigenvalue weighted by atomic mass is 15.2. The molecule has 0 unspecified atom stereocenters. The van der Waals surface area contributed by atoms with Gasteiger partial charge < -0.3 is 5.32 Å². The molecule has 2 heteroatoms. The maximum atomic E-state index is 3.62. The summed E-state index contributed by atoms with van der Waals surface area (Å²) >= 11 is 0. The number of likely N-dealkylation sites (tertiary alicyclic amines) is 1. The third-order valence-electron chi connectivity index (χ3n) is 5.23. The third-order valence-corrected chi connectivity index (χ3v) is 5.23. The van der Waals surface area contributed by atoms with Crippen molar-refractivity contribution in [3.63, 3.8) is 0 Å². The lowest BCUT2D eigenvalue weighted by molar-refractivity contribution is 0.237. The molecule has 2 fully saturated rings. The van der Waals surface area contributed by atoms with Gasteiger partial charge in [-0.25, -0.2) is 0 Å². The van der Waals surface area contributed by atoms with Crippen molar-refractivity contribution in [2.75, 3.05) is 25.0 Å². The van der Waals surface area contributed by atoms with Gasteiger partial charge in [0.25, 0.3) is 0 Å². The van der Waals surface area contributed by atoms with Crippen molar-refractivity contribution >= 4 is 5.69 Å². The quantitative estimate of drug-likeness (QED) is 0.814. The predicted octanol–water partition coefficient (Wildman–Crippen LogP) is 3.07. The van der Waals surface area contributed by atoms with Crippen LogP contribution in [0.1, 0.15) is 37.2 Å². The van der Waals surface area contributed by atoms with Gasteiger partial charge >= 0.3 is 0 Å². The molecule has 0 radical (unpaired) electrons. The first-order chi connectivity index (χ1) is 8.92. The van der Waals surface area contributed by atoms with Crippen LogP contribution in [0.15, 0.2) is 24.3 Å². The fourth-order valence-corrected chi connectivity index (χ4v) is 4.25. The van der Waals surface area contributed by atoms with E-state index >= 15 is 0 Å². The molecule has 96 valence electrons. The molecule has 2 heterocycles. The zero-order valence-corrected chi connectivity index (χ0v) is 10.9. The fraction of sp³-hybridized carbons (Fsp3) is 0.625. The van der Waals surface area contributed by atoms with Gasteiger partial charge in [0.15, 0.2) is 0 Å². The second-order valence-electron chi connectivity index (χ2n) is 6.23. The summed E-state index contributed by atoms with van der Waals surface area (Å²) in [5, 5.41) is 3.62. The highest BCUT2D eigenvalue weighted by Gasteiger charge is 2.40. The van der Waals surface area contributed by atoms with Crippen LogP contribution in [-0.2, 0) is 0 Å². The lowest BCUT2D eigenvalue weighted by atomic mass is 9.85. The number of hydrogen-bond acceptors (Lipinski definition) is 2. The van der Waals surface area contributed by atoms with Crippen LogP contribution in [0.25, 0.3) is 0 Å². The van der Waals surface area contributed by atoms with Gasteiger partial charge in [-0.3, -0.25) is 4.90 Å². The third kappa shape index (κ3) is 1.66. The van der Waals surface area contributed by atoms with E-state index in [1.165, 1.54) is 51.0 Å². The van der Waals surface area contributed by atoms with Gasteiger partial charge in [-0.15, -0.1) is 0 Å². The van der Waals surface area contributed by atoms with Crippen molar-refractivity contribution in [3.8, 4) is 0 Å². The molecule has 18 heavy (non-hydrogen) atoms. The fourth-order valence-electron chi connectivity index (χ4n) is 4.25. The number of nitrogens with zero attached hydrogens (tertiary/aromatic N) is 1. The lowest BCUT2D eigenvalue weighted by Crippen LogP contribution is -2.31. The number of benzene rings is 1. The van der Waals surface area contributed by atoms with Crippen molar-refractivity contribution in [3.05, 3.63) is 29.8 Å². The zero-order valence-electron chi connectivity index (χ0n) is 10.9. The van der Waals surface area contributed by atoms with E-state index in [2.05, 4.69) is 34.5 Å². The van der Waals surface area contributed by atoms with Crippen molar-refractivity contribution in [2.45, 2.75) is 37.6 Å². The average molecular weight is 242 g/mol. The van der Waals surface area contributed by atoms with E-state index in [0.717, 1.165) is 17.9 Å². The van der Waals surface area contributed by atoms with Gasteiger partial charge in [0.2, 0.25) is 0 Å². The summed E-state index contributed by atoms with van der Waals surface area (Å²) in [4.78, 5) is 2.78. The van der Waals surface area contributed by atoms with Gasteiger partial charge in [0, 0.05) is 37.3 Å². The minimum atomic E-state index is 0.781. The Labute approximate surface area is 109 Å². The zero-order chi connectivity index (χ0) is 11.9. The summed E-state index contributed by atoms with van der Waals surface area (Å²) in [6, 6.07) is 9.81. The van der Waals surface area contributed by atoms with E-state index < -0.39 is 0 Å².